The predicted octanol–water partition coefficient (Wildman–Crippen LogP) is 3.83. The first-order chi connectivity index (χ1) is 7.91. The molecule has 0 amide bonds. The standard InChI is InChI=1S/C13H15IN2O/c1-13(2,3)9-7-5-4-6-8(9)11-10(14)12(15)16-17-11/h4-7H,1-3H3,(H2,15,16). The lowest BCUT2D eigenvalue weighted by Crippen LogP contribution is -2.12. The van der Waals surface area contributed by atoms with E-state index in [4.69, 9.17) is 10.3 Å². The van der Waals surface area contributed by atoms with Gasteiger partial charge in [-0.05, 0) is 33.6 Å². The van der Waals surface area contributed by atoms with Gasteiger partial charge in [0.2, 0.25) is 0 Å². The summed E-state index contributed by atoms with van der Waals surface area (Å²) < 4.78 is 6.21. The van der Waals surface area contributed by atoms with Crippen LogP contribution >= 0.6 is 22.6 Å². The van der Waals surface area contributed by atoms with Crippen molar-refractivity contribution in [2.24, 2.45) is 0 Å². The Morgan fingerprint density at radius 3 is 2.41 bits per heavy atom. The van der Waals surface area contributed by atoms with E-state index in [9.17, 15) is 0 Å². The Morgan fingerprint density at radius 2 is 1.88 bits per heavy atom. The fourth-order valence-electron chi connectivity index (χ4n) is 1.79. The highest BCUT2D eigenvalue weighted by molar-refractivity contribution is 14.1. The SMILES string of the molecule is CC(C)(C)c1ccccc1-c1onc(N)c1I. The molecular formula is C13H15IN2O. The van der Waals surface area contributed by atoms with E-state index >= 15 is 0 Å². The number of anilines is 1. The van der Waals surface area contributed by atoms with E-state index in [0.717, 1.165) is 14.9 Å². The molecule has 0 aliphatic heterocycles. The molecule has 0 aliphatic carbocycles. The number of aromatic nitrogens is 1. The van der Waals surface area contributed by atoms with Crippen LogP contribution in [0.4, 0.5) is 5.82 Å². The smallest absolute Gasteiger partial charge is 0.182 e. The van der Waals surface area contributed by atoms with Gasteiger partial charge in [-0.1, -0.05) is 50.2 Å². The lowest BCUT2D eigenvalue weighted by molar-refractivity contribution is 0.434. The molecule has 4 heteroatoms. The first-order valence-electron chi connectivity index (χ1n) is 5.42. The van der Waals surface area contributed by atoms with Gasteiger partial charge < -0.3 is 10.3 Å². The van der Waals surface area contributed by atoms with Crippen LogP contribution in [-0.4, -0.2) is 5.16 Å². The first-order valence-corrected chi connectivity index (χ1v) is 6.49. The number of benzene rings is 1. The predicted molar refractivity (Wildman–Crippen MR) is 77.8 cm³/mol. The van der Waals surface area contributed by atoms with Crippen molar-refractivity contribution in [3.8, 4) is 11.3 Å². The Morgan fingerprint density at radius 1 is 1.24 bits per heavy atom. The van der Waals surface area contributed by atoms with Crippen LogP contribution in [0.1, 0.15) is 26.3 Å². The number of hydrogen-bond acceptors (Lipinski definition) is 3. The lowest BCUT2D eigenvalue weighted by atomic mass is 9.83. The molecule has 0 saturated carbocycles. The summed E-state index contributed by atoms with van der Waals surface area (Å²) in [6.45, 7) is 6.54. The summed E-state index contributed by atoms with van der Waals surface area (Å²) in [6.07, 6.45) is 0. The molecular weight excluding hydrogens is 327 g/mol. The monoisotopic (exact) mass is 342 g/mol. The number of nitrogens with zero attached hydrogens (tertiary/aromatic N) is 1. The van der Waals surface area contributed by atoms with Gasteiger partial charge in [0.25, 0.3) is 0 Å². The minimum Gasteiger partial charge on any atom is -0.380 e. The Labute approximate surface area is 115 Å². The molecule has 1 aromatic carbocycles. The van der Waals surface area contributed by atoms with Crippen LogP contribution in [0.3, 0.4) is 0 Å². The molecule has 90 valence electrons. The second kappa shape index (κ2) is 4.33. The normalized spacial score (nSPS) is 11.8. The van der Waals surface area contributed by atoms with Gasteiger partial charge in [-0.15, -0.1) is 0 Å². The molecule has 17 heavy (non-hydrogen) atoms. The van der Waals surface area contributed by atoms with Gasteiger partial charge >= 0.3 is 0 Å². The van der Waals surface area contributed by atoms with Gasteiger partial charge in [0, 0.05) is 5.56 Å². The van der Waals surface area contributed by atoms with E-state index in [2.05, 4.69) is 54.6 Å². The number of nitrogens with two attached hydrogens (primary N) is 1. The van der Waals surface area contributed by atoms with E-state index in [0.29, 0.717) is 5.82 Å². The fourth-order valence-corrected chi connectivity index (χ4v) is 2.28. The number of nitrogen functional groups attached to an aromatic ring is 1. The summed E-state index contributed by atoms with van der Waals surface area (Å²) in [5.41, 5.74) is 8.08. The summed E-state index contributed by atoms with van der Waals surface area (Å²) in [5.74, 6) is 1.21. The van der Waals surface area contributed by atoms with Gasteiger partial charge in [-0.3, -0.25) is 0 Å². The molecule has 2 rings (SSSR count). The minimum absolute atomic E-state index is 0.0568. The molecule has 0 bridgehead atoms. The van der Waals surface area contributed by atoms with Gasteiger partial charge in [0.05, 0.1) is 0 Å². The highest BCUT2D eigenvalue weighted by Gasteiger charge is 2.22. The van der Waals surface area contributed by atoms with Crippen molar-refractivity contribution in [2.45, 2.75) is 26.2 Å². The number of hydrogen-bond donors (Lipinski definition) is 1. The molecule has 2 N–H and O–H groups in total. The van der Waals surface area contributed by atoms with Crippen LogP contribution in [0.15, 0.2) is 28.8 Å². The molecule has 2 aromatic rings. The molecule has 1 aromatic heterocycles. The number of rotatable bonds is 1. The highest BCUT2D eigenvalue weighted by atomic mass is 127. The molecule has 0 spiro atoms. The molecule has 0 radical (unpaired) electrons. The van der Waals surface area contributed by atoms with Gasteiger partial charge in [0.15, 0.2) is 11.6 Å². The number of halogens is 1. The summed E-state index contributed by atoms with van der Waals surface area (Å²) in [4.78, 5) is 0. The van der Waals surface area contributed by atoms with E-state index in [1.165, 1.54) is 5.56 Å². The quantitative estimate of drug-likeness (QED) is 0.802. The summed E-state index contributed by atoms with van der Waals surface area (Å²) in [5, 5.41) is 3.81. The van der Waals surface area contributed by atoms with E-state index in [-0.39, 0.29) is 5.41 Å². The topological polar surface area (TPSA) is 52.0 Å². The van der Waals surface area contributed by atoms with E-state index < -0.39 is 0 Å². The zero-order chi connectivity index (χ0) is 12.6. The van der Waals surface area contributed by atoms with Crippen molar-refractivity contribution in [2.75, 3.05) is 5.73 Å². The van der Waals surface area contributed by atoms with Crippen LogP contribution in [0.5, 0.6) is 0 Å². The lowest BCUT2D eigenvalue weighted by Gasteiger charge is -2.21. The highest BCUT2D eigenvalue weighted by Crippen LogP contribution is 2.36. The van der Waals surface area contributed by atoms with Crippen LogP contribution < -0.4 is 5.73 Å². The van der Waals surface area contributed by atoms with Crippen LogP contribution in [0, 0.1) is 3.57 Å². The molecule has 1 heterocycles. The van der Waals surface area contributed by atoms with Gasteiger partial charge in [-0.2, -0.15) is 0 Å². The van der Waals surface area contributed by atoms with E-state index in [1.54, 1.807) is 0 Å². The Kier molecular flexibility index (Phi) is 3.16. The zero-order valence-electron chi connectivity index (χ0n) is 10.1. The fraction of sp³-hybridized carbons (Fsp3) is 0.308. The van der Waals surface area contributed by atoms with Crippen LogP contribution in [0.2, 0.25) is 0 Å². The largest absolute Gasteiger partial charge is 0.380 e. The summed E-state index contributed by atoms with van der Waals surface area (Å²) in [6, 6.07) is 8.20. The second-order valence-corrected chi connectivity index (χ2v) is 6.09. The Bertz CT molecular complexity index is 541. The molecule has 0 aliphatic rings. The molecule has 0 unspecified atom stereocenters. The summed E-state index contributed by atoms with van der Waals surface area (Å²) >= 11 is 2.17. The zero-order valence-corrected chi connectivity index (χ0v) is 12.3. The minimum atomic E-state index is 0.0568. The molecule has 0 atom stereocenters. The van der Waals surface area contributed by atoms with Crippen molar-refractivity contribution in [1.29, 1.82) is 0 Å². The van der Waals surface area contributed by atoms with E-state index in [1.807, 2.05) is 18.2 Å². The van der Waals surface area contributed by atoms with Crippen LogP contribution in [-0.2, 0) is 5.41 Å². The maximum atomic E-state index is 5.72. The third kappa shape index (κ3) is 2.31. The van der Waals surface area contributed by atoms with Crippen molar-refractivity contribution < 1.29 is 4.52 Å². The molecule has 3 nitrogen and oxygen atoms in total. The third-order valence-electron chi connectivity index (χ3n) is 2.64. The van der Waals surface area contributed by atoms with Crippen molar-refractivity contribution in [3.63, 3.8) is 0 Å². The van der Waals surface area contributed by atoms with Crippen molar-refractivity contribution in [3.05, 3.63) is 33.4 Å². The maximum absolute atomic E-state index is 5.72. The van der Waals surface area contributed by atoms with Gasteiger partial charge in [0.1, 0.15) is 3.57 Å². The third-order valence-corrected chi connectivity index (χ3v) is 3.68. The average Bonchev–Trinajstić information content (AvgIpc) is 2.59. The second-order valence-electron chi connectivity index (χ2n) is 5.01. The Hall–Kier alpha value is -1.04. The Balaban J connectivity index is 2.64. The first kappa shape index (κ1) is 12.4. The average molecular weight is 342 g/mol. The molecule has 0 saturated heterocycles. The molecule has 0 fully saturated rings. The van der Waals surface area contributed by atoms with Crippen LogP contribution in [0.25, 0.3) is 11.3 Å². The van der Waals surface area contributed by atoms with Gasteiger partial charge in [-0.25, -0.2) is 0 Å². The summed E-state index contributed by atoms with van der Waals surface area (Å²) in [7, 11) is 0. The maximum Gasteiger partial charge on any atom is 0.182 e. The van der Waals surface area contributed by atoms with Crippen molar-refractivity contribution >= 4 is 28.4 Å². The van der Waals surface area contributed by atoms with Crippen molar-refractivity contribution in [1.82, 2.24) is 5.16 Å².